The molecule has 1 aliphatic heterocycles. The quantitative estimate of drug-likeness (QED) is 0.509. The van der Waals surface area contributed by atoms with Crippen LogP contribution in [-0.2, 0) is 9.59 Å². The van der Waals surface area contributed by atoms with Crippen molar-refractivity contribution in [2.24, 2.45) is 0 Å². The Balaban J connectivity index is 1.99. The second-order valence-electron chi connectivity index (χ2n) is 5.10. The normalized spacial score (nSPS) is 15.3. The second kappa shape index (κ2) is 7.38. The lowest BCUT2D eigenvalue weighted by atomic mass is 10.2. The lowest BCUT2D eigenvalue weighted by Crippen LogP contribution is -2.51. The Morgan fingerprint density at radius 3 is 2.48 bits per heavy atom. The molecular weight excluding hydrogens is 324 g/mol. The lowest BCUT2D eigenvalue weighted by Gasteiger charge is -2.33. The van der Waals surface area contributed by atoms with Gasteiger partial charge in [-0.3, -0.25) is 19.7 Å². The zero-order valence-electron chi connectivity index (χ0n) is 12.6. The van der Waals surface area contributed by atoms with Gasteiger partial charge in [0.1, 0.15) is 0 Å². The molecule has 0 spiro atoms. The van der Waals surface area contributed by atoms with E-state index in [4.69, 9.17) is 11.6 Å². The molecule has 1 aromatic rings. The molecule has 8 nitrogen and oxygen atoms in total. The summed E-state index contributed by atoms with van der Waals surface area (Å²) in [5.74, 6) is -1.43. The summed E-state index contributed by atoms with van der Waals surface area (Å²) in [4.78, 5) is 37.9. The summed E-state index contributed by atoms with van der Waals surface area (Å²) >= 11 is 5.90. The monoisotopic (exact) mass is 340 g/mol. The van der Waals surface area contributed by atoms with Crippen molar-refractivity contribution >= 4 is 34.8 Å². The summed E-state index contributed by atoms with van der Waals surface area (Å²) in [6.45, 7) is 5.40. The molecule has 1 saturated heterocycles. The number of nitrogens with zero attached hydrogens (tertiary/aromatic N) is 3. The number of nitro groups is 1. The Morgan fingerprint density at radius 1 is 1.30 bits per heavy atom. The second-order valence-corrected chi connectivity index (χ2v) is 5.51. The first-order valence-electron chi connectivity index (χ1n) is 7.19. The Labute approximate surface area is 138 Å². The van der Waals surface area contributed by atoms with Gasteiger partial charge in [0.05, 0.1) is 15.6 Å². The van der Waals surface area contributed by atoms with Crippen molar-refractivity contribution in [1.29, 1.82) is 0 Å². The van der Waals surface area contributed by atoms with E-state index in [9.17, 15) is 19.7 Å². The Hall–Kier alpha value is -2.19. The van der Waals surface area contributed by atoms with Crippen LogP contribution in [0.3, 0.4) is 0 Å². The number of hydrogen-bond acceptors (Lipinski definition) is 5. The Bertz CT molecular complexity index is 629. The summed E-state index contributed by atoms with van der Waals surface area (Å²) < 4.78 is 0. The summed E-state index contributed by atoms with van der Waals surface area (Å²) in [6, 6.07) is 3.65. The van der Waals surface area contributed by atoms with Gasteiger partial charge < -0.3 is 15.1 Å². The third kappa shape index (κ3) is 4.17. The molecule has 0 atom stereocenters. The molecule has 1 aromatic carbocycles. The number of carbonyl (C=O) groups excluding carboxylic acids is 2. The summed E-state index contributed by atoms with van der Waals surface area (Å²) in [6.07, 6.45) is 0. The molecule has 0 radical (unpaired) electrons. The van der Waals surface area contributed by atoms with Gasteiger partial charge in [0.25, 0.3) is 5.69 Å². The van der Waals surface area contributed by atoms with Gasteiger partial charge in [0, 0.05) is 38.3 Å². The molecule has 0 aliphatic carbocycles. The first kappa shape index (κ1) is 17.2. The van der Waals surface area contributed by atoms with Gasteiger partial charge in [0.15, 0.2) is 0 Å². The molecule has 1 aliphatic rings. The SMILES string of the molecule is CCN1CCN(C(=O)C(=O)Nc2ccc([N+](=O)[O-])cc2Cl)CC1. The predicted octanol–water partition coefficient (Wildman–Crippen LogP) is 1.35. The van der Waals surface area contributed by atoms with Crippen LogP contribution in [0.15, 0.2) is 18.2 Å². The maximum Gasteiger partial charge on any atom is 0.313 e. The molecule has 2 amide bonds. The highest BCUT2D eigenvalue weighted by atomic mass is 35.5. The molecule has 1 heterocycles. The van der Waals surface area contributed by atoms with Crippen LogP contribution in [0.5, 0.6) is 0 Å². The molecular formula is C14H17ClN4O4. The van der Waals surface area contributed by atoms with E-state index >= 15 is 0 Å². The zero-order chi connectivity index (χ0) is 17.0. The molecule has 1 N–H and O–H groups in total. The zero-order valence-corrected chi connectivity index (χ0v) is 13.4. The highest BCUT2D eigenvalue weighted by Gasteiger charge is 2.26. The molecule has 9 heteroatoms. The van der Waals surface area contributed by atoms with Crippen molar-refractivity contribution in [3.63, 3.8) is 0 Å². The van der Waals surface area contributed by atoms with E-state index in [1.54, 1.807) is 0 Å². The molecule has 23 heavy (non-hydrogen) atoms. The van der Waals surface area contributed by atoms with Crippen LogP contribution < -0.4 is 5.32 Å². The minimum absolute atomic E-state index is 0.0103. The topological polar surface area (TPSA) is 95.8 Å². The maximum absolute atomic E-state index is 12.1. The fourth-order valence-corrected chi connectivity index (χ4v) is 2.53. The number of rotatable bonds is 3. The number of carbonyl (C=O) groups is 2. The number of halogens is 1. The number of nitrogens with one attached hydrogen (secondary N) is 1. The van der Waals surface area contributed by atoms with Gasteiger partial charge in [0.2, 0.25) is 0 Å². The molecule has 0 aromatic heterocycles. The van der Waals surface area contributed by atoms with Crippen molar-refractivity contribution < 1.29 is 14.5 Å². The number of amides is 2. The van der Waals surface area contributed by atoms with Crippen molar-refractivity contribution in [2.75, 3.05) is 38.0 Å². The number of non-ortho nitro benzene ring substituents is 1. The first-order valence-corrected chi connectivity index (χ1v) is 7.56. The van der Waals surface area contributed by atoms with Crippen LogP contribution in [-0.4, -0.2) is 59.3 Å². The van der Waals surface area contributed by atoms with Crippen LogP contribution in [0.2, 0.25) is 5.02 Å². The van der Waals surface area contributed by atoms with E-state index in [-0.39, 0.29) is 16.4 Å². The van der Waals surface area contributed by atoms with Crippen molar-refractivity contribution in [3.05, 3.63) is 33.3 Å². The summed E-state index contributed by atoms with van der Waals surface area (Å²) in [5.41, 5.74) is -0.0159. The highest BCUT2D eigenvalue weighted by Crippen LogP contribution is 2.26. The predicted molar refractivity (Wildman–Crippen MR) is 85.4 cm³/mol. The maximum atomic E-state index is 12.1. The number of likely N-dealkylation sites (N-methyl/N-ethyl adjacent to an activating group) is 1. The van der Waals surface area contributed by atoms with E-state index in [2.05, 4.69) is 10.2 Å². The lowest BCUT2D eigenvalue weighted by molar-refractivity contribution is -0.384. The van der Waals surface area contributed by atoms with Gasteiger partial charge in [-0.15, -0.1) is 0 Å². The molecule has 0 unspecified atom stereocenters. The molecule has 0 bridgehead atoms. The fraction of sp³-hybridized carbons (Fsp3) is 0.429. The molecule has 0 saturated carbocycles. The first-order chi connectivity index (χ1) is 10.9. The van der Waals surface area contributed by atoms with E-state index in [1.807, 2.05) is 6.92 Å². The van der Waals surface area contributed by atoms with E-state index in [0.29, 0.717) is 13.1 Å². The molecule has 2 rings (SSSR count). The minimum atomic E-state index is -0.800. The number of nitro benzene ring substituents is 1. The third-order valence-corrected chi connectivity index (χ3v) is 4.03. The number of piperazine rings is 1. The minimum Gasteiger partial charge on any atom is -0.332 e. The van der Waals surface area contributed by atoms with Crippen LogP contribution in [0.4, 0.5) is 11.4 Å². The standard InChI is InChI=1S/C14H17ClN4O4/c1-2-17-5-7-18(8-6-17)14(21)13(20)16-12-4-3-10(19(22)23)9-11(12)15/h3-4,9H,2,5-8H2,1H3,(H,16,20). The summed E-state index contributed by atoms with van der Waals surface area (Å²) in [7, 11) is 0. The van der Waals surface area contributed by atoms with Gasteiger partial charge in [-0.25, -0.2) is 0 Å². The van der Waals surface area contributed by atoms with E-state index in [0.717, 1.165) is 25.7 Å². The smallest absolute Gasteiger partial charge is 0.313 e. The molecule has 1 fully saturated rings. The number of benzene rings is 1. The summed E-state index contributed by atoms with van der Waals surface area (Å²) in [5, 5.41) is 13.1. The van der Waals surface area contributed by atoms with E-state index in [1.165, 1.54) is 17.0 Å². The van der Waals surface area contributed by atoms with Gasteiger partial charge in [-0.05, 0) is 12.6 Å². The van der Waals surface area contributed by atoms with Crippen molar-refractivity contribution in [3.8, 4) is 0 Å². The average Bonchev–Trinajstić information content (AvgIpc) is 2.55. The van der Waals surface area contributed by atoms with Crippen molar-refractivity contribution in [2.45, 2.75) is 6.92 Å². The van der Waals surface area contributed by atoms with Crippen molar-refractivity contribution in [1.82, 2.24) is 9.80 Å². The Kier molecular flexibility index (Phi) is 5.51. The number of hydrogen-bond donors (Lipinski definition) is 1. The fourth-order valence-electron chi connectivity index (χ4n) is 2.31. The third-order valence-electron chi connectivity index (χ3n) is 3.71. The highest BCUT2D eigenvalue weighted by molar-refractivity contribution is 6.41. The van der Waals surface area contributed by atoms with Crippen LogP contribution in [0.25, 0.3) is 0 Å². The average molecular weight is 341 g/mol. The number of anilines is 1. The van der Waals surface area contributed by atoms with Crippen LogP contribution in [0.1, 0.15) is 6.92 Å². The van der Waals surface area contributed by atoms with Gasteiger partial charge >= 0.3 is 11.8 Å². The Morgan fingerprint density at radius 2 is 1.96 bits per heavy atom. The van der Waals surface area contributed by atoms with E-state index < -0.39 is 16.7 Å². The molecule has 124 valence electrons. The van der Waals surface area contributed by atoms with Crippen LogP contribution in [0, 0.1) is 10.1 Å². The largest absolute Gasteiger partial charge is 0.332 e. The van der Waals surface area contributed by atoms with Gasteiger partial charge in [-0.1, -0.05) is 18.5 Å². The van der Waals surface area contributed by atoms with Crippen LogP contribution >= 0.6 is 11.6 Å². The van der Waals surface area contributed by atoms with Gasteiger partial charge in [-0.2, -0.15) is 0 Å².